The fourth-order valence-electron chi connectivity index (χ4n) is 2.31. The van der Waals surface area contributed by atoms with Gasteiger partial charge in [-0.2, -0.15) is 0 Å². The number of nitrogens with two attached hydrogens (primary N) is 2. The van der Waals surface area contributed by atoms with Gasteiger partial charge in [-0.25, -0.2) is 4.79 Å². The van der Waals surface area contributed by atoms with Gasteiger partial charge in [0.1, 0.15) is 5.94 Å². The van der Waals surface area contributed by atoms with Crippen molar-refractivity contribution in [2.45, 2.75) is 84.1 Å². The molecule has 1 aliphatic rings. The van der Waals surface area contributed by atoms with Crippen molar-refractivity contribution in [1.82, 2.24) is 0 Å². The highest BCUT2D eigenvalue weighted by Crippen LogP contribution is 2.10. The fraction of sp³-hybridized carbons (Fsp3) is 0.684. The second-order valence-electron chi connectivity index (χ2n) is 5.91. The lowest BCUT2D eigenvalue weighted by atomic mass is 10.0. The van der Waals surface area contributed by atoms with E-state index in [1.54, 1.807) is 24.2 Å². The highest BCUT2D eigenvalue weighted by atomic mass is 16.1. The number of allylic oxidation sites excluding steroid dienone is 1. The third kappa shape index (κ3) is 14.0. The maximum absolute atomic E-state index is 10.1. The summed E-state index contributed by atoms with van der Waals surface area (Å²) in [6.07, 6.45) is 19.3. The molecule has 4 heteroatoms. The number of rotatable bonds is 9. The summed E-state index contributed by atoms with van der Waals surface area (Å²) in [5.74, 6) is 1.73. The van der Waals surface area contributed by atoms with Crippen LogP contribution in [0.5, 0.6) is 0 Å². The molecule has 23 heavy (non-hydrogen) atoms. The Morgan fingerprint density at radius 1 is 0.913 bits per heavy atom. The Balaban J connectivity index is 0. The van der Waals surface area contributed by atoms with Crippen molar-refractivity contribution in [2.24, 2.45) is 11.5 Å². The first-order valence-corrected chi connectivity index (χ1v) is 8.81. The topological polar surface area (TPSA) is 101 Å². The first-order chi connectivity index (χ1) is 10.7. The van der Waals surface area contributed by atoms with Gasteiger partial charge in [-0.1, -0.05) is 78.1 Å². The van der Waals surface area contributed by atoms with Crippen LogP contribution in [0.3, 0.4) is 0 Å². The van der Waals surface area contributed by atoms with Crippen molar-refractivity contribution in [3.8, 4) is 0 Å². The first kappa shape index (κ1) is 23.9. The predicted octanol–water partition coefficient (Wildman–Crippen LogP) is 3.59. The quantitative estimate of drug-likeness (QED) is 0.500. The molecule has 0 amide bonds. The molecule has 1 unspecified atom stereocenters. The van der Waals surface area contributed by atoms with Crippen LogP contribution in [0.4, 0.5) is 0 Å². The summed E-state index contributed by atoms with van der Waals surface area (Å²) in [5, 5.41) is 0. The minimum Gasteiger partial charge on any atom is -0.412 e. The average molecular weight is 325 g/mol. The van der Waals surface area contributed by atoms with E-state index in [-0.39, 0.29) is 11.5 Å². The third-order valence-corrected chi connectivity index (χ3v) is 3.76. The first-order valence-electron chi connectivity index (χ1n) is 8.81. The molecule has 6 N–H and O–H groups in total. The molecule has 1 rings (SSSR count). The van der Waals surface area contributed by atoms with Crippen LogP contribution in [0.25, 0.3) is 0 Å². The normalized spacial score (nSPS) is 15.9. The monoisotopic (exact) mass is 324 g/mol. The smallest absolute Gasteiger partial charge is 0.129 e. The standard InChI is InChI=1S/C12H26.C7H8N2O.H2O/c1-3-5-7-9-11-12-10-8-6-4-2;8-6-2-1-5(4-10)7(9)3-6;/h3-12H2,1-2H3;1-3,7H,8-9H2;1H2. The summed E-state index contributed by atoms with van der Waals surface area (Å²) in [7, 11) is 0. The SMILES string of the molecule is CCCCCCCCCCCC.NC1=CC(N)C(=C=O)C=C1.O. The summed E-state index contributed by atoms with van der Waals surface area (Å²) in [6.45, 7) is 4.56. The minimum atomic E-state index is -0.387. The predicted molar refractivity (Wildman–Crippen MR) is 99.7 cm³/mol. The van der Waals surface area contributed by atoms with E-state index in [0.717, 1.165) is 0 Å². The van der Waals surface area contributed by atoms with Gasteiger partial charge < -0.3 is 16.9 Å². The van der Waals surface area contributed by atoms with Gasteiger partial charge in [0.15, 0.2) is 0 Å². The van der Waals surface area contributed by atoms with Crippen molar-refractivity contribution in [2.75, 3.05) is 0 Å². The Kier molecular flexibility index (Phi) is 17.7. The number of hydrogen-bond acceptors (Lipinski definition) is 3. The molecule has 0 saturated carbocycles. The second kappa shape index (κ2) is 17.0. The zero-order valence-electron chi connectivity index (χ0n) is 14.9. The molecule has 1 atom stereocenters. The maximum Gasteiger partial charge on any atom is 0.129 e. The molecule has 0 saturated heterocycles. The number of unbranched alkanes of at least 4 members (excludes halogenated alkanes) is 9. The third-order valence-electron chi connectivity index (χ3n) is 3.76. The van der Waals surface area contributed by atoms with Crippen molar-refractivity contribution in [1.29, 1.82) is 0 Å². The molecule has 0 aromatic rings. The molecule has 0 aromatic heterocycles. The van der Waals surface area contributed by atoms with Crippen LogP contribution < -0.4 is 11.5 Å². The van der Waals surface area contributed by atoms with Gasteiger partial charge in [0.05, 0.1) is 11.6 Å². The molecule has 134 valence electrons. The molecule has 0 aliphatic heterocycles. The summed E-state index contributed by atoms with van der Waals surface area (Å²) < 4.78 is 0. The van der Waals surface area contributed by atoms with E-state index in [0.29, 0.717) is 11.3 Å². The van der Waals surface area contributed by atoms with Gasteiger partial charge in [0.2, 0.25) is 0 Å². The van der Waals surface area contributed by atoms with E-state index in [1.165, 1.54) is 64.2 Å². The Morgan fingerprint density at radius 3 is 1.70 bits per heavy atom. The van der Waals surface area contributed by atoms with Crippen LogP contribution in [0.1, 0.15) is 78.1 Å². The Bertz CT molecular complexity index is 373. The van der Waals surface area contributed by atoms with Crippen molar-refractivity contribution in [3.05, 3.63) is 29.5 Å². The van der Waals surface area contributed by atoms with Crippen molar-refractivity contribution in [3.63, 3.8) is 0 Å². The lowest BCUT2D eigenvalue weighted by molar-refractivity contribution is 0.562. The van der Waals surface area contributed by atoms with E-state index in [4.69, 9.17) is 11.5 Å². The lowest BCUT2D eigenvalue weighted by Gasteiger charge is -2.09. The molecule has 0 radical (unpaired) electrons. The highest BCUT2D eigenvalue weighted by molar-refractivity contribution is 5.62. The molecule has 4 nitrogen and oxygen atoms in total. The van der Waals surface area contributed by atoms with Crippen LogP contribution in [0.2, 0.25) is 0 Å². The van der Waals surface area contributed by atoms with Gasteiger partial charge in [-0.3, -0.25) is 0 Å². The Labute approximate surface area is 142 Å². The highest BCUT2D eigenvalue weighted by Gasteiger charge is 2.08. The molecule has 0 aromatic carbocycles. The Morgan fingerprint density at radius 2 is 1.35 bits per heavy atom. The van der Waals surface area contributed by atoms with E-state index < -0.39 is 0 Å². The summed E-state index contributed by atoms with van der Waals surface area (Å²) >= 11 is 0. The largest absolute Gasteiger partial charge is 0.412 e. The van der Waals surface area contributed by atoms with Gasteiger partial charge in [-0.15, -0.1) is 0 Å². The minimum absolute atomic E-state index is 0. The average Bonchev–Trinajstić information content (AvgIpc) is 2.51. The van der Waals surface area contributed by atoms with Crippen LogP contribution in [0, 0.1) is 0 Å². The van der Waals surface area contributed by atoms with E-state index in [9.17, 15) is 4.79 Å². The maximum atomic E-state index is 10.1. The summed E-state index contributed by atoms with van der Waals surface area (Å²) in [4.78, 5) is 10.1. The second-order valence-corrected chi connectivity index (χ2v) is 5.91. The van der Waals surface area contributed by atoms with Gasteiger partial charge in [0, 0.05) is 5.70 Å². The zero-order chi connectivity index (χ0) is 16.6. The van der Waals surface area contributed by atoms with Crippen LogP contribution in [-0.4, -0.2) is 17.5 Å². The van der Waals surface area contributed by atoms with E-state index >= 15 is 0 Å². The van der Waals surface area contributed by atoms with Gasteiger partial charge in [0.25, 0.3) is 0 Å². The Hall–Kier alpha value is -1.35. The van der Waals surface area contributed by atoms with E-state index in [1.807, 2.05) is 0 Å². The van der Waals surface area contributed by atoms with Crippen molar-refractivity contribution >= 4 is 5.94 Å². The molecule has 0 spiro atoms. The summed E-state index contributed by atoms with van der Waals surface area (Å²) in [6, 6.07) is -0.387. The molecule has 0 fully saturated rings. The zero-order valence-corrected chi connectivity index (χ0v) is 14.9. The van der Waals surface area contributed by atoms with Crippen LogP contribution in [0.15, 0.2) is 29.5 Å². The van der Waals surface area contributed by atoms with E-state index in [2.05, 4.69) is 13.8 Å². The number of carbonyl (C=O) groups excluding carboxylic acids is 1. The molecular weight excluding hydrogens is 288 g/mol. The molecule has 0 heterocycles. The molecule has 0 bridgehead atoms. The van der Waals surface area contributed by atoms with Crippen LogP contribution in [-0.2, 0) is 4.79 Å². The van der Waals surface area contributed by atoms with Gasteiger partial charge >= 0.3 is 0 Å². The van der Waals surface area contributed by atoms with Gasteiger partial charge in [-0.05, 0) is 18.2 Å². The number of hydrogen-bond donors (Lipinski definition) is 2. The van der Waals surface area contributed by atoms with Crippen LogP contribution >= 0.6 is 0 Å². The lowest BCUT2D eigenvalue weighted by Crippen LogP contribution is -2.23. The molecular formula is C19H36N2O2. The van der Waals surface area contributed by atoms with Crippen molar-refractivity contribution < 1.29 is 10.3 Å². The molecule has 1 aliphatic carbocycles. The summed E-state index contributed by atoms with van der Waals surface area (Å²) in [5.41, 5.74) is 11.9. The fourth-order valence-corrected chi connectivity index (χ4v) is 2.31.